The van der Waals surface area contributed by atoms with Crippen molar-refractivity contribution in [2.24, 2.45) is 0 Å². The SMILES string of the molecule is CCN(CC)C(=O)CN1C(=O)c2ccccc2Sc2ccc(C(=O)OC[C@@H]3CCCO3)cc21. The molecule has 174 valence electrons. The fraction of sp³-hybridized carbons (Fsp3) is 0.400. The van der Waals surface area contributed by atoms with Crippen LogP contribution in [0.3, 0.4) is 0 Å². The molecule has 7 nitrogen and oxygen atoms in total. The van der Waals surface area contributed by atoms with Crippen LogP contribution in [0.25, 0.3) is 0 Å². The maximum Gasteiger partial charge on any atom is 0.338 e. The number of hydrogen-bond donors (Lipinski definition) is 0. The van der Waals surface area contributed by atoms with Crippen molar-refractivity contribution in [3.63, 3.8) is 0 Å². The highest BCUT2D eigenvalue weighted by molar-refractivity contribution is 7.99. The van der Waals surface area contributed by atoms with E-state index in [0.29, 0.717) is 36.5 Å². The van der Waals surface area contributed by atoms with E-state index in [1.807, 2.05) is 38.1 Å². The Morgan fingerprint density at radius 1 is 1.15 bits per heavy atom. The second-order valence-electron chi connectivity index (χ2n) is 7.97. The summed E-state index contributed by atoms with van der Waals surface area (Å²) in [6, 6.07) is 12.5. The minimum absolute atomic E-state index is 0.0652. The number of esters is 1. The molecule has 0 aromatic heterocycles. The van der Waals surface area contributed by atoms with Crippen LogP contribution in [0.2, 0.25) is 0 Å². The number of ether oxygens (including phenoxy) is 2. The molecule has 0 saturated carbocycles. The molecule has 2 heterocycles. The van der Waals surface area contributed by atoms with Crippen LogP contribution in [0, 0.1) is 0 Å². The second kappa shape index (κ2) is 10.4. The first-order valence-corrected chi connectivity index (χ1v) is 12.1. The van der Waals surface area contributed by atoms with Gasteiger partial charge in [0.25, 0.3) is 5.91 Å². The maximum atomic E-state index is 13.5. The molecule has 0 aliphatic carbocycles. The number of amides is 2. The average Bonchev–Trinajstić information content (AvgIpc) is 3.32. The van der Waals surface area contributed by atoms with Crippen LogP contribution in [0.5, 0.6) is 0 Å². The van der Waals surface area contributed by atoms with Gasteiger partial charge in [-0.1, -0.05) is 23.9 Å². The third kappa shape index (κ3) is 5.07. The maximum absolute atomic E-state index is 13.5. The Morgan fingerprint density at radius 2 is 1.94 bits per heavy atom. The van der Waals surface area contributed by atoms with Crippen LogP contribution >= 0.6 is 11.8 Å². The summed E-state index contributed by atoms with van der Waals surface area (Å²) in [5, 5.41) is 0. The van der Waals surface area contributed by atoms with Crippen molar-refractivity contribution in [1.29, 1.82) is 0 Å². The highest BCUT2D eigenvalue weighted by Gasteiger charge is 2.30. The minimum Gasteiger partial charge on any atom is -0.459 e. The molecular weight excluding hydrogens is 440 g/mol. The molecule has 1 atom stereocenters. The van der Waals surface area contributed by atoms with E-state index in [9.17, 15) is 14.4 Å². The molecule has 0 radical (unpaired) electrons. The molecule has 0 spiro atoms. The lowest BCUT2D eigenvalue weighted by Crippen LogP contribution is -2.43. The van der Waals surface area contributed by atoms with Gasteiger partial charge >= 0.3 is 5.97 Å². The van der Waals surface area contributed by atoms with Gasteiger partial charge in [-0.05, 0) is 57.0 Å². The third-order valence-corrected chi connectivity index (χ3v) is 7.04. The number of anilines is 1. The minimum atomic E-state index is -0.470. The van der Waals surface area contributed by atoms with Crippen molar-refractivity contribution in [3.05, 3.63) is 53.6 Å². The van der Waals surface area contributed by atoms with Crippen LogP contribution in [0.4, 0.5) is 5.69 Å². The first-order valence-electron chi connectivity index (χ1n) is 11.3. The van der Waals surface area contributed by atoms with Gasteiger partial charge < -0.3 is 14.4 Å². The molecule has 0 bridgehead atoms. The number of benzene rings is 2. The fourth-order valence-electron chi connectivity index (χ4n) is 4.04. The molecule has 8 heteroatoms. The Hall–Kier alpha value is -2.84. The number of rotatable bonds is 7. The van der Waals surface area contributed by atoms with Crippen molar-refractivity contribution in [1.82, 2.24) is 4.90 Å². The number of carbonyl (C=O) groups excluding carboxylic acids is 3. The topological polar surface area (TPSA) is 76.2 Å². The summed E-state index contributed by atoms with van der Waals surface area (Å²) in [5.74, 6) is -0.875. The first kappa shape index (κ1) is 23.3. The van der Waals surface area contributed by atoms with Gasteiger partial charge in [0.1, 0.15) is 13.2 Å². The van der Waals surface area contributed by atoms with Gasteiger partial charge in [0, 0.05) is 29.5 Å². The van der Waals surface area contributed by atoms with E-state index in [1.165, 1.54) is 16.7 Å². The van der Waals surface area contributed by atoms with Gasteiger partial charge in [0.05, 0.1) is 22.9 Å². The number of fused-ring (bicyclic) bond motifs is 2. The van der Waals surface area contributed by atoms with Crippen LogP contribution in [-0.4, -0.2) is 61.6 Å². The normalized spacial score (nSPS) is 17.2. The molecule has 1 fully saturated rings. The quantitative estimate of drug-likeness (QED) is 0.572. The summed E-state index contributed by atoms with van der Waals surface area (Å²) in [7, 11) is 0. The Balaban J connectivity index is 1.66. The van der Waals surface area contributed by atoms with Crippen LogP contribution in [0.1, 0.15) is 47.4 Å². The molecule has 0 N–H and O–H groups in total. The standard InChI is InChI=1S/C25H28N2O5S/c1-3-26(4-2)23(28)15-27-20-14-17(25(30)32-16-18-8-7-13-31-18)11-12-22(20)33-21-10-6-5-9-19(21)24(27)29/h5-6,9-12,14,18H,3-4,7-8,13,15-16H2,1-2H3/t18-/m0/s1. The lowest BCUT2D eigenvalue weighted by molar-refractivity contribution is -0.129. The Bertz CT molecular complexity index is 1050. The summed E-state index contributed by atoms with van der Waals surface area (Å²) >= 11 is 1.45. The Kier molecular flexibility index (Phi) is 7.35. The van der Waals surface area contributed by atoms with Gasteiger partial charge in [-0.2, -0.15) is 0 Å². The Morgan fingerprint density at radius 3 is 2.67 bits per heavy atom. The van der Waals surface area contributed by atoms with E-state index < -0.39 is 5.97 Å². The largest absolute Gasteiger partial charge is 0.459 e. The molecule has 2 aliphatic rings. The van der Waals surface area contributed by atoms with E-state index in [-0.39, 0.29) is 31.1 Å². The van der Waals surface area contributed by atoms with Gasteiger partial charge in [-0.3, -0.25) is 14.5 Å². The molecule has 1 saturated heterocycles. The predicted octanol–water partition coefficient (Wildman–Crippen LogP) is 4.00. The molecule has 2 amide bonds. The van der Waals surface area contributed by atoms with E-state index in [2.05, 4.69) is 0 Å². The molecule has 2 aromatic carbocycles. The number of hydrogen-bond acceptors (Lipinski definition) is 6. The van der Waals surface area contributed by atoms with Gasteiger partial charge in [0.2, 0.25) is 5.91 Å². The van der Waals surface area contributed by atoms with Crippen LogP contribution < -0.4 is 4.90 Å². The van der Waals surface area contributed by atoms with Crippen molar-refractivity contribution >= 4 is 35.2 Å². The van der Waals surface area contributed by atoms with Crippen molar-refractivity contribution in [3.8, 4) is 0 Å². The summed E-state index contributed by atoms with van der Waals surface area (Å²) in [4.78, 5) is 44.0. The Labute approximate surface area is 198 Å². The van der Waals surface area contributed by atoms with E-state index in [0.717, 1.165) is 22.6 Å². The average molecular weight is 469 g/mol. The van der Waals surface area contributed by atoms with Gasteiger partial charge in [-0.15, -0.1) is 0 Å². The van der Waals surface area contributed by atoms with E-state index >= 15 is 0 Å². The second-order valence-corrected chi connectivity index (χ2v) is 9.06. The van der Waals surface area contributed by atoms with E-state index in [4.69, 9.17) is 9.47 Å². The third-order valence-electron chi connectivity index (χ3n) is 5.90. The molecule has 33 heavy (non-hydrogen) atoms. The van der Waals surface area contributed by atoms with E-state index in [1.54, 1.807) is 23.1 Å². The molecule has 2 aliphatic heterocycles. The van der Waals surface area contributed by atoms with Crippen molar-refractivity contribution in [2.75, 3.05) is 37.7 Å². The zero-order chi connectivity index (χ0) is 23.4. The fourth-order valence-corrected chi connectivity index (χ4v) is 5.10. The lowest BCUT2D eigenvalue weighted by atomic mass is 10.1. The molecule has 2 aromatic rings. The summed E-state index contributed by atoms with van der Waals surface area (Å²) < 4.78 is 11.0. The molecule has 4 rings (SSSR count). The monoisotopic (exact) mass is 468 g/mol. The molecular formula is C25H28N2O5S. The first-order chi connectivity index (χ1) is 16.0. The smallest absolute Gasteiger partial charge is 0.338 e. The van der Waals surface area contributed by atoms with Crippen LogP contribution in [-0.2, 0) is 14.3 Å². The molecule has 0 unspecified atom stereocenters. The summed E-state index contributed by atoms with van der Waals surface area (Å²) in [6.45, 7) is 5.74. The van der Waals surface area contributed by atoms with Gasteiger partial charge in [0.15, 0.2) is 0 Å². The van der Waals surface area contributed by atoms with Gasteiger partial charge in [-0.25, -0.2) is 4.79 Å². The highest BCUT2D eigenvalue weighted by atomic mass is 32.2. The highest BCUT2D eigenvalue weighted by Crippen LogP contribution is 2.41. The number of likely N-dealkylation sites (N-methyl/N-ethyl adjacent to an activating group) is 1. The zero-order valence-corrected chi connectivity index (χ0v) is 19.7. The van der Waals surface area contributed by atoms with Crippen molar-refractivity contribution < 1.29 is 23.9 Å². The van der Waals surface area contributed by atoms with Crippen LogP contribution in [0.15, 0.2) is 52.3 Å². The lowest BCUT2D eigenvalue weighted by Gasteiger charge is -2.26. The predicted molar refractivity (Wildman–Crippen MR) is 126 cm³/mol. The zero-order valence-electron chi connectivity index (χ0n) is 18.9. The number of carbonyl (C=O) groups is 3. The summed E-state index contributed by atoms with van der Waals surface area (Å²) in [6.07, 6.45) is 1.78. The summed E-state index contributed by atoms with van der Waals surface area (Å²) in [5.41, 5.74) is 1.41. The van der Waals surface area contributed by atoms with Crippen molar-refractivity contribution in [2.45, 2.75) is 42.6 Å². The number of nitrogens with zero attached hydrogens (tertiary/aromatic N) is 2.